The van der Waals surface area contributed by atoms with Gasteiger partial charge in [0.25, 0.3) is 0 Å². The molecule has 1 aromatic heterocycles. The van der Waals surface area contributed by atoms with Crippen molar-refractivity contribution in [3.05, 3.63) is 114 Å². The lowest BCUT2D eigenvalue weighted by atomic mass is 10.2. The number of aromatic nitrogens is 2. The normalized spacial score (nSPS) is 10.8. The summed E-state index contributed by atoms with van der Waals surface area (Å²) in [6.45, 7) is 3.96. The number of para-hydroxylation sites is 1. The van der Waals surface area contributed by atoms with Crippen molar-refractivity contribution in [1.82, 2.24) is 9.97 Å². The Balaban J connectivity index is 1.17. The minimum Gasteiger partial charge on any atom is -0.494 e. The molecule has 0 aliphatic carbocycles. The Bertz CT molecular complexity index is 1440. The van der Waals surface area contributed by atoms with E-state index in [1.54, 1.807) is 0 Å². The van der Waals surface area contributed by atoms with Gasteiger partial charge in [-0.2, -0.15) is 4.98 Å². The van der Waals surface area contributed by atoms with Crippen LogP contribution < -0.4 is 15.4 Å². The lowest BCUT2D eigenvalue weighted by Gasteiger charge is -2.13. The van der Waals surface area contributed by atoms with Crippen molar-refractivity contribution in [2.24, 2.45) is 0 Å². The summed E-state index contributed by atoms with van der Waals surface area (Å²) in [5, 5.41) is 7.74. The molecule has 0 aliphatic heterocycles. The molecule has 0 unspecified atom stereocenters. The molecule has 2 N–H and O–H groups in total. The van der Waals surface area contributed by atoms with Gasteiger partial charge in [0.15, 0.2) is 0 Å². The first-order valence-corrected chi connectivity index (χ1v) is 12.4. The fraction of sp³-hybridized carbons (Fsp3) is 0.161. The fourth-order valence-electron chi connectivity index (χ4n) is 3.97. The molecule has 4 aromatic carbocycles. The van der Waals surface area contributed by atoms with Crippen molar-refractivity contribution in [3.63, 3.8) is 0 Å². The summed E-state index contributed by atoms with van der Waals surface area (Å²) in [7, 11) is 0. The zero-order valence-electron chi connectivity index (χ0n) is 20.9. The van der Waals surface area contributed by atoms with Crippen LogP contribution >= 0.6 is 0 Å². The molecule has 1 heterocycles. The Labute approximate surface area is 217 Å². The van der Waals surface area contributed by atoms with E-state index in [0.717, 1.165) is 40.3 Å². The van der Waals surface area contributed by atoms with Crippen molar-refractivity contribution >= 4 is 34.0 Å². The van der Waals surface area contributed by atoms with Crippen LogP contribution in [0.25, 0.3) is 10.9 Å². The first-order valence-electron chi connectivity index (χ1n) is 12.4. The van der Waals surface area contributed by atoms with E-state index in [4.69, 9.17) is 19.4 Å². The quantitative estimate of drug-likeness (QED) is 0.188. The molecule has 0 saturated heterocycles. The van der Waals surface area contributed by atoms with Gasteiger partial charge in [0, 0.05) is 23.2 Å². The molecule has 6 nitrogen and oxygen atoms in total. The van der Waals surface area contributed by atoms with Gasteiger partial charge in [0.05, 0.1) is 25.3 Å². The molecule has 5 rings (SSSR count). The molecule has 0 fully saturated rings. The molecule has 0 radical (unpaired) electrons. The maximum Gasteiger partial charge on any atom is 0.229 e. The maximum absolute atomic E-state index is 5.87. The van der Waals surface area contributed by atoms with Gasteiger partial charge in [-0.3, -0.25) is 0 Å². The maximum atomic E-state index is 5.87. The second-order valence-electron chi connectivity index (χ2n) is 8.80. The number of ether oxygens (including phenoxy) is 2. The Morgan fingerprint density at radius 3 is 2.35 bits per heavy atom. The first-order chi connectivity index (χ1) is 18.2. The number of benzene rings is 4. The third-order valence-corrected chi connectivity index (χ3v) is 5.81. The summed E-state index contributed by atoms with van der Waals surface area (Å²) in [4.78, 5) is 9.47. The smallest absolute Gasteiger partial charge is 0.229 e. The molecule has 0 saturated carbocycles. The standard InChI is InChI=1S/C31H30N4O2/c1-23-9-7-12-26(21-23)32-30-28-13-5-6-14-29(28)34-31(35-30)33-25-15-17-27(18-16-25)37-20-8-19-36-22-24-10-3-2-4-11-24/h2-7,9-18,21H,8,19-20,22H2,1H3,(H2,32,33,34,35). The van der Waals surface area contributed by atoms with E-state index < -0.39 is 0 Å². The molecule has 0 spiro atoms. The van der Waals surface area contributed by atoms with Crippen molar-refractivity contribution < 1.29 is 9.47 Å². The van der Waals surface area contributed by atoms with Crippen molar-refractivity contribution in [2.75, 3.05) is 23.8 Å². The van der Waals surface area contributed by atoms with Crippen LogP contribution in [-0.2, 0) is 11.3 Å². The number of hydrogen-bond acceptors (Lipinski definition) is 6. The zero-order valence-corrected chi connectivity index (χ0v) is 20.9. The molecule has 0 aliphatic rings. The number of nitrogens with one attached hydrogen (secondary N) is 2. The van der Waals surface area contributed by atoms with Crippen LogP contribution in [0.15, 0.2) is 103 Å². The SMILES string of the molecule is Cc1cccc(Nc2nc(Nc3ccc(OCCCOCc4ccccc4)cc3)nc3ccccc23)c1. The van der Waals surface area contributed by atoms with Crippen LogP contribution in [0.1, 0.15) is 17.5 Å². The van der Waals surface area contributed by atoms with Gasteiger partial charge < -0.3 is 20.1 Å². The minimum absolute atomic E-state index is 0.526. The number of fused-ring (bicyclic) bond motifs is 1. The molecule has 186 valence electrons. The Hall–Kier alpha value is -4.42. The largest absolute Gasteiger partial charge is 0.494 e. The summed E-state index contributed by atoms with van der Waals surface area (Å²) in [5.41, 5.74) is 5.10. The molecule has 5 aromatic rings. The molecule has 6 heteroatoms. The summed E-state index contributed by atoms with van der Waals surface area (Å²) < 4.78 is 11.6. The highest BCUT2D eigenvalue weighted by Crippen LogP contribution is 2.27. The third-order valence-electron chi connectivity index (χ3n) is 5.81. The zero-order chi connectivity index (χ0) is 25.3. The lowest BCUT2D eigenvalue weighted by molar-refractivity contribution is 0.107. The van der Waals surface area contributed by atoms with Gasteiger partial charge in [0.1, 0.15) is 11.6 Å². The number of hydrogen-bond donors (Lipinski definition) is 2. The van der Waals surface area contributed by atoms with Gasteiger partial charge in [0.2, 0.25) is 5.95 Å². The van der Waals surface area contributed by atoms with E-state index in [-0.39, 0.29) is 0 Å². The monoisotopic (exact) mass is 490 g/mol. The van der Waals surface area contributed by atoms with E-state index in [1.165, 1.54) is 11.1 Å². The summed E-state index contributed by atoms with van der Waals surface area (Å²) in [6, 6.07) is 34.2. The molecule has 0 amide bonds. The van der Waals surface area contributed by atoms with Crippen LogP contribution in [-0.4, -0.2) is 23.2 Å². The van der Waals surface area contributed by atoms with Crippen molar-refractivity contribution in [2.45, 2.75) is 20.0 Å². The summed E-state index contributed by atoms with van der Waals surface area (Å²) >= 11 is 0. The van der Waals surface area contributed by atoms with E-state index in [1.807, 2.05) is 78.9 Å². The van der Waals surface area contributed by atoms with E-state index >= 15 is 0 Å². The van der Waals surface area contributed by atoms with Crippen molar-refractivity contribution in [1.29, 1.82) is 0 Å². The Morgan fingerprint density at radius 1 is 0.703 bits per heavy atom. The second-order valence-corrected chi connectivity index (χ2v) is 8.80. The van der Waals surface area contributed by atoms with E-state index in [2.05, 4.69) is 41.8 Å². The minimum atomic E-state index is 0.526. The predicted octanol–water partition coefficient (Wildman–Crippen LogP) is 7.41. The summed E-state index contributed by atoms with van der Waals surface area (Å²) in [6.07, 6.45) is 0.828. The predicted molar refractivity (Wildman–Crippen MR) is 150 cm³/mol. The molecule has 0 atom stereocenters. The molecular weight excluding hydrogens is 460 g/mol. The first kappa shape index (κ1) is 24.3. The van der Waals surface area contributed by atoms with Crippen LogP contribution in [0.5, 0.6) is 5.75 Å². The average molecular weight is 491 g/mol. The van der Waals surface area contributed by atoms with Gasteiger partial charge in [-0.15, -0.1) is 0 Å². The second kappa shape index (κ2) is 12.0. The average Bonchev–Trinajstić information content (AvgIpc) is 2.92. The van der Waals surface area contributed by atoms with Gasteiger partial charge in [-0.1, -0.05) is 54.6 Å². The molecule has 0 bridgehead atoms. The topological polar surface area (TPSA) is 68.3 Å². The third kappa shape index (κ3) is 6.84. The Morgan fingerprint density at radius 2 is 1.51 bits per heavy atom. The van der Waals surface area contributed by atoms with Crippen LogP contribution in [0.4, 0.5) is 23.1 Å². The van der Waals surface area contributed by atoms with E-state index in [0.29, 0.717) is 25.8 Å². The molecular formula is C31H30N4O2. The number of nitrogens with zero attached hydrogens (tertiary/aromatic N) is 2. The lowest BCUT2D eigenvalue weighted by Crippen LogP contribution is -2.04. The van der Waals surface area contributed by atoms with E-state index in [9.17, 15) is 0 Å². The van der Waals surface area contributed by atoms with Crippen LogP contribution in [0, 0.1) is 6.92 Å². The summed E-state index contributed by atoms with van der Waals surface area (Å²) in [5.74, 6) is 2.10. The van der Waals surface area contributed by atoms with Crippen LogP contribution in [0.2, 0.25) is 0 Å². The van der Waals surface area contributed by atoms with Gasteiger partial charge in [-0.05, 0) is 66.6 Å². The highest BCUT2D eigenvalue weighted by Gasteiger charge is 2.09. The van der Waals surface area contributed by atoms with Gasteiger partial charge >= 0.3 is 0 Å². The van der Waals surface area contributed by atoms with Crippen molar-refractivity contribution in [3.8, 4) is 5.75 Å². The Kier molecular flexibility index (Phi) is 7.88. The fourth-order valence-corrected chi connectivity index (χ4v) is 3.97. The number of aryl methyl sites for hydroxylation is 1. The number of anilines is 4. The van der Waals surface area contributed by atoms with Crippen LogP contribution in [0.3, 0.4) is 0 Å². The molecule has 37 heavy (non-hydrogen) atoms. The number of rotatable bonds is 11. The highest BCUT2D eigenvalue weighted by molar-refractivity contribution is 5.92. The highest BCUT2D eigenvalue weighted by atomic mass is 16.5. The van der Waals surface area contributed by atoms with Gasteiger partial charge in [-0.25, -0.2) is 4.98 Å².